The number of nitrogens with one attached hydrogen (secondary N) is 1. The van der Waals surface area contributed by atoms with Gasteiger partial charge in [-0.3, -0.25) is 10.2 Å². The Labute approximate surface area is 65.9 Å². The maximum absolute atomic E-state index is 11.0. The van der Waals surface area contributed by atoms with Crippen molar-refractivity contribution >= 4 is 5.91 Å². The number of nitrogens with two attached hydrogens (primary N) is 1. The topological polar surface area (TPSA) is 55.1 Å². The number of carbonyl (C=O) groups is 1. The highest BCUT2D eigenvalue weighted by Gasteiger charge is 2.09. The summed E-state index contributed by atoms with van der Waals surface area (Å²) in [6, 6.07) is 0. The minimum absolute atomic E-state index is 0.169. The van der Waals surface area contributed by atoms with Gasteiger partial charge in [0.1, 0.15) is 0 Å². The number of allylic oxidation sites excluding steroid dienone is 3. The first kappa shape index (κ1) is 8.01. The van der Waals surface area contributed by atoms with Crippen LogP contribution in [0.15, 0.2) is 23.3 Å². The Morgan fingerprint density at radius 2 is 2.45 bits per heavy atom. The van der Waals surface area contributed by atoms with Crippen molar-refractivity contribution in [1.29, 1.82) is 0 Å². The molecule has 0 aliphatic heterocycles. The second kappa shape index (κ2) is 3.34. The molecular weight excluding hydrogens is 140 g/mol. The van der Waals surface area contributed by atoms with Gasteiger partial charge in [0.05, 0.1) is 0 Å². The Balaban J connectivity index is 2.73. The molecule has 0 spiro atoms. The van der Waals surface area contributed by atoms with Crippen molar-refractivity contribution < 1.29 is 4.79 Å². The molecule has 1 rings (SSSR count). The molecule has 11 heavy (non-hydrogen) atoms. The molecule has 0 saturated heterocycles. The summed E-state index contributed by atoms with van der Waals surface area (Å²) in [5, 5.41) is 0. The van der Waals surface area contributed by atoms with E-state index in [0.717, 1.165) is 24.0 Å². The van der Waals surface area contributed by atoms with Gasteiger partial charge in [-0.1, -0.05) is 17.7 Å². The minimum atomic E-state index is -0.169. The zero-order valence-electron chi connectivity index (χ0n) is 6.55. The zero-order valence-corrected chi connectivity index (χ0v) is 6.55. The molecule has 3 heteroatoms. The molecule has 0 radical (unpaired) electrons. The van der Waals surface area contributed by atoms with Crippen LogP contribution in [0.3, 0.4) is 0 Å². The van der Waals surface area contributed by atoms with Crippen LogP contribution in [0.5, 0.6) is 0 Å². The predicted molar refractivity (Wildman–Crippen MR) is 43.4 cm³/mol. The molecule has 0 unspecified atom stereocenters. The van der Waals surface area contributed by atoms with Crippen molar-refractivity contribution in [1.82, 2.24) is 5.43 Å². The summed E-state index contributed by atoms with van der Waals surface area (Å²) in [5.41, 5.74) is 4.03. The predicted octanol–water partition coefficient (Wildman–Crippen LogP) is 0.643. The lowest BCUT2D eigenvalue weighted by Crippen LogP contribution is -2.31. The first-order chi connectivity index (χ1) is 5.24. The number of hydrogen-bond acceptors (Lipinski definition) is 2. The summed E-state index contributed by atoms with van der Waals surface area (Å²) in [4.78, 5) is 11.0. The van der Waals surface area contributed by atoms with E-state index in [9.17, 15) is 4.79 Å². The third-order valence-electron chi connectivity index (χ3n) is 1.70. The Hall–Kier alpha value is -1.09. The van der Waals surface area contributed by atoms with Gasteiger partial charge in [-0.15, -0.1) is 0 Å². The Morgan fingerprint density at radius 1 is 1.73 bits per heavy atom. The summed E-state index contributed by atoms with van der Waals surface area (Å²) < 4.78 is 0. The van der Waals surface area contributed by atoms with E-state index >= 15 is 0 Å². The van der Waals surface area contributed by atoms with Gasteiger partial charge in [-0.05, 0) is 19.8 Å². The third-order valence-corrected chi connectivity index (χ3v) is 1.70. The van der Waals surface area contributed by atoms with Gasteiger partial charge in [0.25, 0.3) is 5.91 Å². The zero-order chi connectivity index (χ0) is 8.27. The standard InChI is InChI=1S/C8H12N2O/c1-6-3-2-4-7(5-6)8(11)10-9/h3,5H,2,4,9H2,1H3,(H,10,11). The van der Waals surface area contributed by atoms with Crippen LogP contribution in [0.25, 0.3) is 0 Å². The van der Waals surface area contributed by atoms with Crippen molar-refractivity contribution in [3.63, 3.8) is 0 Å². The number of hydrogen-bond donors (Lipinski definition) is 2. The molecule has 0 aromatic rings. The minimum Gasteiger partial charge on any atom is -0.290 e. The molecule has 1 aliphatic rings. The smallest absolute Gasteiger partial charge is 0.261 e. The lowest BCUT2D eigenvalue weighted by Gasteiger charge is -2.09. The summed E-state index contributed by atoms with van der Waals surface area (Å²) in [5.74, 6) is 4.82. The van der Waals surface area contributed by atoms with E-state index in [4.69, 9.17) is 5.84 Å². The Kier molecular flexibility index (Phi) is 2.44. The third kappa shape index (κ3) is 1.91. The molecule has 3 N–H and O–H groups in total. The fraction of sp³-hybridized carbons (Fsp3) is 0.375. The molecule has 1 aliphatic carbocycles. The summed E-state index contributed by atoms with van der Waals surface area (Å²) in [6.45, 7) is 1.98. The molecule has 60 valence electrons. The van der Waals surface area contributed by atoms with Gasteiger partial charge in [-0.2, -0.15) is 0 Å². The summed E-state index contributed by atoms with van der Waals surface area (Å²) in [7, 11) is 0. The van der Waals surface area contributed by atoms with Gasteiger partial charge in [0, 0.05) is 5.57 Å². The second-order valence-electron chi connectivity index (χ2n) is 2.63. The highest BCUT2D eigenvalue weighted by atomic mass is 16.2. The normalized spacial score (nSPS) is 16.9. The highest BCUT2D eigenvalue weighted by Crippen LogP contribution is 2.16. The van der Waals surface area contributed by atoms with E-state index in [1.807, 2.05) is 13.0 Å². The van der Waals surface area contributed by atoms with Crippen molar-refractivity contribution in [2.24, 2.45) is 5.84 Å². The van der Waals surface area contributed by atoms with Crippen molar-refractivity contribution in [2.75, 3.05) is 0 Å². The van der Waals surface area contributed by atoms with Crippen LogP contribution in [0.2, 0.25) is 0 Å². The molecule has 0 atom stereocenters. The molecule has 0 fully saturated rings. The van der Waals surface area contributed by atoms with E-state index in [1.165, 1.54) is 0 Å². The number of carbonyl (C=O) groups excluding carboxylic acids is 1. The van der Waals surface area contributed by atoms with E-state index in [2.05, 4.69) is 11.5 Å². The largest absolute Gasteiger partial charge is 0.290 e. The first-order valence-electron chi connectivity index (χ1n) is 3.62. The quantitative estimate of drug-likeness (QED) is 0.329. The second-order valence-corrected chi connectivity index (χ2v) is 2.63. The van der Waals surface area contributed by atoms with Crippen LogP contribution < -0.4 is 11.3 Å². The SMILES string of the molecule is CC1=CCCC(C(=O)NN)=C1. The van der Waals surface area contributed by atoms with Crippen LogP contribution in [-0.4, -0.2) is 5.91 Å². The number of hydrazine groups is 1. The van der Waals surface area contributed by atoms with Crippen LogP contribution in [0, 0.1) is 0 Å². The van der Waals surface area contributed by atoms with Gasteiger partial charge in [0.15, 0.2) is 0 Å². The maximum Gasteiger partial charge on any atom is 0.261 e. The molecule has 3 nitrogen and oxygen atoms in total. The van der Waals surface area contributed by atoms with Crippen LogP contribution in [0.4, 0.5) is 0 Å². The Bertz CT molecular complexity index is 228. The average Bonchev–Trinajstić information content (AvgIpc) is 2.03. The van der Waals surface area contributed by atoms with E-state index in [-0.39, 0.29) is 5.91 Å². The van der Waals surface area contributed by atoms with Gasteiger partial charge in [-0.25, -0.2) is 5.84 Å². The van der Waals surface area contributed by atoms with Crippen LogP contribution >= 0.6 is 0 Å². The molecule has 1 amide bonds. The monoisotopic (exact) mass is 152 g/mol. The Morgan fingerprint density at radius 3 is 3.00 bits per heavy atom. The molecule has 0 saturated carbocycles. The molecule has 0 bridgehead atoms. The fourth-order valence-corrected chi connectivity index (χ4v) is 1.13. The van der Waals surface area contributed by atoms with Crippen molar-refractivity contribution in [2.45, 2.75) is 19.8 Å². The maximum atomic E-state index is 11.0. The van der Waals surface area contributed by atoms with E-state index < -0.39 is 0 Å². The van der Waals surface area contributed by atoms with Gasteiger partial charge < -0.3 is 0 Å². The molecule has 0 aromatic carbocycles. The van der Waals surface area contributed by atoms with E-state index in [1.54, 1.807) is 0 Å². The van der Waals surface area contributed by atoms with Crippen LogP contribution in [-0.2, 0) is 4.79 Å². The number of rotatable bonds is 1. The lowest BCUT2D eigenvalue weighted by molar-refractivity contribution is -0.117. The average molecular weight is 152 g/mol. The van der Waals surface area contributed by atoms with Gasteiger partial charge in [0.2, 0.25) is 0 Å². The van der Waals surface area contributed by atoms with Crippen molar-refractivity contribution in [3.8, 4) is 0 Å². The highest BCUT2D eigenvalue weighted by molar-refractivity contribution is 5.93. The molecular formula is C8H12N2O. The molecule has 0 heterocycles. The first-order valence-corrected chi connectivity index (χ1v) is 3.62. The summed E-state index contributed by atoms with van der Waals surface area (Å²) in [6.07, 6.45) is 5.70. The number of amides is 1. The van der Waals surface area contributed by atoms with Crippen LogP contribution in [0.1, 0.15) is 19.8 Å². The lowest BCUT2D eigenvalue weighted by atomic mass is 10.0. The fourth-order valence-electron chi connectivity index (χ4n) is 1.13. The summed E-state index contributed by atoms with van der Waals surface area (Å²) >= 11 is 0. The van der Waals surface area contributed by atoms with Gasteiger partial charge >= 0.3 is 0 Å². The molecule has 0 aromatic heterocycles. The van der Waals surface area contributed by atoms with E-state index in [0.29, 0.717) is 0 Å². The van der Waals surface area contributed by atoms with Crippen molar-refractivity contribution in [3.05, 3.63) is 23.3 Å².